The van der Waals surface area contributed by atoms with E-state index in [1.165, 1.54) is 11.8 Å². The third kappa shape index (κ3) is 5.38. The van der Waals surface area contributed by atoms with Gasteiger partial charge in [-0.1, -0.05) is 11.8 Å². The minimum atomic E-state index is -0.226. The van der Waals surface area contributed by atoms with Crippen LogP contribution in [0.4, 0.5) is 5.82 Å². The highest BCUT2D eigenvalue weighted by Gasteiger charge is 2.24. The molecule has 1 amide bonds. The number of thioether (sulfide) groups is 1. The Labute approximate surface area is 196 Å². The topological polar surface area (TPSA) is 122 Å². The van der Waals surface area contributed by atoms with Crippen LogP contribution < -0.4 is 5.32 Å². The average molecular weight is 467 g/mol. The molecule has 1 saturated heterocycles. The van der Waals surface area contributed by atoms with Crippen LogP contribution in [0.2, 0.25) is 0 Å². The number of rotatable bonds is 8. The first kappa shape index (κ1) is 22.9. The summed E-state index contributed by atoms with van der Waals surface area (Å²) >= 11 is 1.22. The summed E-state index contributed by atoms with van der Waals surface area (Å²) in [5.74, 6) is 2.54. The van der Waals surface area contributed by atoms with E-state index in [0.717, 1.165) is 42.2 Å². The van der Waals surface area contributed by atoms with Gasteiger partial charge in [0.25, 0.3) is 0 Å². The van der Waals surface area contributed by atoms with Crippen LogP contribution in [-0.4, -0.2) is 44.1 Å². The van der Waals surface area contributed by atoms with Gasteiger partial charge < -0.3 is 19.0 Å². The van der Waals surface area contributed by atoms with Crippen molar-refractivity contribution in [2.75, 3.05) is 17.7 Å². The monoisotopic (exact) mass is 466 g/mol. The van der Waals surface area contributed by atoms with Gasteiger partial charge in [0.15, 0.2) is 0 Å². The predicted octanol–water partition coefficient (Wildman–Crippen LogP) is 4.08. The second-order valence-corrected chi connectivity index (χ2v) is 8.86. The molecule has 0 saturated carbocycles. The van der Waals surface area contributed by atoms with E-state index in [1.54, 1.807) is 12.2 Å². The van der Waals surface area contributed by atoms with Crippen molar-refractivity contribution in [2.45, 2.75) is 51.4 Å². The normalized spacial score (nSPS) is 15.9. The molecule has 0 radical (unpaired) electrons. The van der Waals surface area contributed by atoms with Gasteiger partial charge in [-0.3, -0.25) is 9.89 Å². The van der Waals surface area contributed by atoms with Gasteiger partial charge in [0.1, 0.15) is 29.2 Å². The van der Waals surface area contributed by atoms with Crippen molar-refractivity contribution in [3.8, 4) is 6.07 Å². The molecule has 3 aromatic heterocycles. The minimum Gasteiger partial charge on any atom is -0.462 e. The third-order valence-corrected chi connectivity index (χ3v) is 6.44. The van der Waals surface area contributed by atoms with Gasteiger partial charge in [-0.2, -0.15) is 5.26 Å². The van der Waals surface area contributed by atoms with Crippen molar-refractivity contribution >= 4 is 35.6 Å². The number of hydrogen-bond donors (Lipinski definition) is 2. The molecule has 2 N–H and O–H groups in total. The molecule has 172 valence electrons. The van der Waals surface area contributed by atoms with E-state index in [9.17, 15) is 10.1 Å². The molecule has 4 rings (SSSR count). The Hall–Kier alpha value is -3.29. The third-order valence-electron chi connectivity index (χ3n) is 5.59. The number of anilines is 1. The standard InChI is InChI=1S/C23H26N6O3S/c1-14-6-7-17(32-14)8-9-20-25-23(28-27-20)33-13-21(30)26-22-19(11-24)15(2)16(3)29(22)12-18-5-4-10-31-18/h6-9,18H,4-5,10,12-13H2,1-3H3,(H,26,30)(H,25,27,28)/b9-8+. The number of carbonyl (C=O) groups is 1. The molecule has 1 aliphatic rings. The molecule has 4 heterocycles. The molecule has 1 atom stereocenters. The zero-order chi connectivity index (χ0) is 23.4. The number of nitrogens with one attached hydrogen (secondary N) is 2. The second kappa shape index (κ2) is 10.1. The summed E-state index contributed by atoms with van der Waals surface area (Å²) in [5, 5.41) is 20.0. The summed E-state index contributed by atoms with van der Waals surface area (Å²) in [6, 6.07) is 5.99. The Balaban J connectivity index is 1.39. The lowest BCUT2D eigenvalue weighted by Gasteiger charge is -2.16. The van der Waals surface area contributed by atoms with E-state index in [2.05, 4.69) is 26.6 Å². The van der Waals surface area contributed by atoms with Crippen molar-refractivity contribution in [2.24, 2.45) is 0 Å². The van der Waals surface area contributed by atoms with Crippen LogP contribution >= 0.6 is 11.8 Å². The molecule has 9 nitrogen and oxygen atoms in total. The van der Waals surface area contributed by atoms with E-state index in [1.807, 2.05) is 37.5 Å². The molecular weight excluding hydrogens is 440 g/mol. The van der Waals surface area contributed by atoms with Crippen molar-refractivity contribution < 1.29 is 13.9 Å². The van der Waals surface area contributed by atoms with Crippen LogP contribution in [0.5, 0.6) is 0 Å². The molecule has 0 spiro atoms. The maximum absolute atomic E-state index is 12.7. The van der Waals surface area contributed by atoms with Crippen LogP contribution in [-0.2, 0) is 16.1 Å². The highest BCUT2D eigenvalue weighted by molar-refractivity contribution is 7.99. The van der Waals surface area contributed by atoms with E-state index in [4.69, 9.17) is 9.15 Å². The Morgan fingerprint density at radius 3 is 2.94 bits per heavy atom. The maximum atomic E-state index is 12.7. The smallest absolute Gasteiger partial charge is 0.235 e. The Morgan fingerprint density at radius 2 is 2.24 bits per heavy atom. The average Bonchev–Trinajstić information content (AvgIpc) is 3.58. The lowest BCUT2D eigenvalue weighted by atomic mass is 10.2. The number of nitrogens with zero attached hydrogens (tertiary/aromatic N) is 4. The Morgan fingerprint density at radius 1 is 1.39 bits per heavy atom. The van der Waals surface area contributed by atoms with Crippen LogP contribution in [0, 0.1) is 32.1 Å². The number of aryl methyl sites for hydroxylation is 1. The first-order chi connectivity index (χ1) is 15.9. The predicted molar refractivity (Wildman–Crippen MR) is 126 cm³/mol. The molecular formula is C23H26N6O3S. The molecule has 33 heavy (non-hydrogen) atoms. The largest absolute Gasteiger partial charge is 0.462 e. The number of H-pyrrole nitrogens is 1. The van der Waals surface area contributed by atoms with Gasteiger partial charge in [-0.05, 0) is 63.5 Å². The first-order valence-electron chi connectivity index (χ1n) is 10.8. The summed E-state index contributed by atoms with van der Waals surface area (Å²) in [7, 11) is 0. The fourth-order valence-corrected chi connectivity index (χ4v) is 4.36. The summed E-state index contributed by atoms with van der Waals surface area (Å²) in [6.45, 7) is 7.11. The SMILES string of the molecule is Cc1ccc(/C=C/c2nc(SCC(=O)Nc3c(C#N)c(C)c(C)n3CC3CCCO3)n[nH]2)o1. The van der Waals surface area contributed by atoms with Crippen LogP contribution in [0.3, 0.4) is 0 Å². The summed E-state index contributed by atoms with van der Waals surface area (Å²) in [5.41, 5.74) is 2.32. The van der Waals surface area contributed by atoms with Gasteiger partial charge in [0.2, 0.25) is 11.1 Å². The Bertz CT molecular complexity index is 1210. The summed E-state index contributed by atoms with van der Waals surface area (Å²) < 4.78 is 13.2. The summed E-state index contributed by atoms with van der Waals surface area (Å²) in [6.07, 6.45) is 5.66. The second-order valence-electron chi connectivity index (χ2n) is 7.91. The van der Waals surface area contributed by atoms with E-state index in [-0.39, 0.29) is 17.8 Å². The number of furan rings is 1. The number of carbonyl (C=O) groups excluding carboxylic acids is 1. The highest BCUT2D eigenvalue weighted by atomic mass is 32.2. The van der Waals surface area contributed by atoms with Gasteiger partial charge in [0, 0.05) is 12.3 Å². The highest BCUT2D eigenvalue weighted by Crippen LogP contribution is 2.28. The van der Waals surface area contributed by atoms with Crippen LogP contribution in [0.25, 0.3) is 12.2 Å². The number of aromatic nitrogens is 4. The van der Waals surface area contributed by atoms with Gasteiger partial charge in [-0.15, -0.1) is 5.10 Å². The van der Waals surface area contributed by atoms with E-state index in [0.29, 0.717) is 28.9 Å². The Kier molecular flexibility index (Phi) is 7.01. The zero-order valence-electron chi connectivity index (χ0n) is 18.8. The van der Waals surface area contributed by atoms with E-state index < -0.39 is 0 Å². The quantitative estimate of drug-likeness (QED) is 0.480. The van der Waals surface area contributed by atoms with Crippen molar-refractivity contribution in [3.63, 3.8) is 0 Å². The van der Waals surface area contributed by atoms with Gasteiger partial charge >= 0.3 is 0 Å². The number of ether oxygens (including phenoxy) is 1. The summed E-state index contributed by atoms with van der Waals surface area (Å²) in [4.78, 5) is 17.1. The lowest BCUT2D eigenvalue weighted by molar-refractivity contribution is -0.113. The number of amides is 1. The molecule has 3 aromatic rings. The maximum Gasteiger partial charge on any atom is 0.235 e. The molecule has 1 fully saturated rings. The molecule has 1 unspecified atom stereocenters. The van der Waals surface area contributed by atoms with Gasteiger partial charge in [-0.25, -0.2) is 4.98 Å². The van der Waals surface area contributed by atoms with Crippen LogP contribution in [0.15, 0.2) is 21.7 Å². The number of nitriles is 1. The molecule has 0 bridgehead atoms. The van der Waals surface area contributed by atoms with Crippen LogP contribution in [0.1, 0.15) is 47.0 Å². The van der Waals surface area contributed by atoms with Crippen molar-refractivity contribution in [3.05, 3.63) is 46.3 Å². The minimum absolute atomic E-state index is 0.0943. The van der Waals surface area contributed by atoms with E-state index >= 15 is 0 Å². The van der Waals surface area contributed by atoms with Crippen molar-refractivity contribution in [1.82, 2.24) is 19.7 Å². The molecule has 0 aliphatic carbocycles. The first-order valence-corrected chi connectivity index (χ1v) is 11.7. The van der Waals surface area contributed by atoms with Gasteiger partial charge in [0.05, 0.1) is 24.0 Å². The number of aromatic amines is 1. The molecule has 0 aromatic carbocycles. The fraction of sp³-hybridized carbons (Fsp3) is 0.391. The van der Waals surface area contributed by atoms with Crippen molar-refractivity contribution in [1.29, 1.82) is 5.26 Å². The fourth-order valence-electron chi connectivity index (χ4n) is 3.75. The zero-order valence-corrected chi connectivity index (χ0v) is 19.7. The lowest BCUT2D eigenvalue weighted by Crippen LogP contribution is -2.22. The molecule has 1 aliphatic heterocycles. The number of hydrogen-bond acceptors (Lipinski definition) is 7. The molecule has 10 heteroatoms.